The summed E-state index contributed by atoms with van der Waals surface area (Å²) in [5.41, 5.74) is 7.79. The molecular weight excluding hydrogens is 1580 g/mol. The first-order chi connectivity index (χ1) is 53.7. The second kappa shape index (κ2) is 60.6. The summed E-state index contributed by atoms with van der Waals surface area (Å²) in [5.74, 6) is 2.27. The normalized spacial score (nSPS) is 13.6. The van der Waals surface area contributed by atoms with Gasteiger partial charge in [-0.25, -0.2) is 51.3 Å². The highest BCUT2D eigenvalue weighted by Crippen LogP contribution is 2.29. The highest BCUT2D eigenvalue weighted by Gasteiger charge is 2.36. The lowest BCUT2D eigenvalue weighted by molar-refractivity contribution is -0.158. The summed E-state index contributed by atoms with van der Waals surface area (Å²) in [5, 5.41) is 7.99. The molecule has 3 heterocycles. The topological polar surface area (TPSA) is 368 Å². The van der Waals surface area contributed by atoms with Crippen LogP contribution in [0, 0.1) is 71.0 Å². The quantitative estimate of drug-likeness (QED) is 0.0270. The van der Waals surface area contributed by atoms with Gasteiger partial charge < -0.3 is 25.1 Å². The lowest BCUT2D eigenvalue weighted by atomic mass is 10.0. The van der Waals surface area contributed by atoms with Crippen molar-refractivity contribution in [2.75, 3.05) is 85.2 Å². The number of hydrogen-bond acceptors (Lipinski definition) is 19. The fourth-order valence-electron chi connectivity index (χ4n) is 8.82. The zero-order valence-corrected chi connectivity index (χ0v) is 79.4. The number of fused-ring (bicyclic) bond motifs is 1. The van der Waals surface area contributed by atoms with Crippen molar-refractivity contribution in [2.45, 2.75) is 216 Å². The maximum absolute atomic E-state index is 12.0. The molecule has 1 aliphatic carbocycles. The number of pyridine rings is 1. The summed E-state index contributed by atoms with van der Waals surface area (Å²) >= 11 is 0. The molecule has 0 unspecified atom stereocenters. The number of ketones is 1. The zero-order valence-electron chi connectivity index (χ0n) is 76.2. The molecule has 0 radical (unpaired) electrons. The van der Waals surface area contributed by atoms with E-state index in [9.17, 15) is 67.2 Å². The number of amides is 3. The minimum Gasteiger partial charge on any atom is -0.481 e. The molecule has 2 aliphatic heterocycles. The number of methoxy groups -OCH3 is 1. The number of aliphatic carboxylic acids is 1. The third-order valence-electron chi connectivity index (χ3n) is 15.4. The average Bonchev–Trinajstić information content (AvgIpc) is 1.64. The Labute approximate surface area is 706 Å². The van der Waals surface area contributed by atoms with E-state index in [0.29, 0.717) is 91.7 Å². The van der Waals surface area contributed by atoms with Gasteiger partial charge in [0.1, 0.15) is 5.60 Å². The molecule has 2 fully saturated rings. The second-order valence-electron chi connectivity index (χ2n) is 33.6. The first-order valence-electron chi connectivity index (χ1n) is 40.4. The molecular formula is C87H151N7O19S4. The molecule has 0 bridgehead atoms. The monoisotopic (exact) mass is 1730 g/mol. The number of ether oxygens (including phenoxy) is 3. The van der Waals surface area contributed by atoms with E-state index >= 15 is 0 Å². The lowest BCUT2D eigenvalue weighted by Crippen LogP contribution is -2.33. The minimum atomic E-state index is -3.18. The Bertz CT molecular complexity index is 3840. The van der Waals surface area contributed by atoms with Crippen LogP contribution < -0.4 is 10.5 Å². The van der Waals surface area contributed by atoms with Crippen LogP contribution in [0.3, 0.4) is 0 Å². The van der Waals surface area contributed by atoms with Crippen molar-refractivity contribution in [1.82, 2.24) is 27.5 Å². The molecule has 26 nitrogen and oxygen atoms in total. The largest absolute Gasteiger partial charge is 0.481 e. The maximum atomic E-state index is 12.0. The summed E-state index contributed by atoms with van der Waals surface area (Å²) in [6, 6.07) is 29.4. The van der Waals surface area contributed by atoms with E-state index in [4.69, 9.17) is 25.1 Å². The number of primary amides is 1. The van der Waals surface area contributed by atoms with Crippen molar-refractivity contribution in [1.29, 1.82) is 0 Å². The highest BCUT2D eigenvalue weighted by atomic mass is 32.2. The van der Waals surface area contributed by atoms with Crippen molar-refractivity contribution >= 4 is 81.5 Å². The van der Waals surface area contributed by atoms with Gasteiger partial charge in [-0.3, -0.25) is 43.4 Å². The molecule has 3 aliphatic rings. The number of carboxylic acids is 1. The number of carbonyl (C=O) groups is 7. The third-order valence-corrected chi connectivity index (χ3v) is 22.3. The Morgan fingerprint density at radius 2 is 1.01 bits per heavy atom. The van der Waals surface area contributed by atoms with Crippen LogP contribution in [0.1, 0.15) is 241 Å². The van der Waals surface area contributed by atoms with Gasteiger partial charge in [0.05, 0.1) is 58.5 Å². The van der Waals surface area contributed by atoms with Crippen LogP contribution in [0.4, 0.5) is 0 Å². The number of hydrogen-bond donors (Lipinski definition) is 3. The summed E-state index contributed by atoms with van der Waals surface area (Å²) in [7, 11) is -7.18. The Kier molecular flexibility index (Phi) is 60.3. The first-order valence-corrected chi connectivity index (χ1v) is 46.9. The second-order valence-corrected chi connectivity index (χ2v) is 42.0. The van der Waals surface area contributed by atoms with E-state index in [1.807, 2.05) is 223 Å². The highest BCUT2D eigenvalue weighted by molar-refractivity contribution is 7.89. The number of nitrogens with two attached hydrogens (primary N) is 1. The SMILES string of the molecule is CC(C)C(=O)O.CC(C)C(=O)OC(C)(C)C.CC(C)C(=O)OCC1CC1.CC(C)C(=O)c1ccccc1.CC(C)C(N)=O.CC(C)CN(C)S(=O)(=O)Cc1ccccc1.CC(C)CN1C(=O)c2ccncc2C1=O.CC(C)CN1CCCS1(=O)=O.CC(C)CNS(=O)(=O)Cc1ccccc1.CCS(=O)(=O)N(C)CC(C)C.COCC(C)C. The van der Waals surface area contributed by atoms with E-state index in [1.54, 1.807) is 66.2 Å². The summed E-state index contributed by atoms with van der Waals surface area (Å²) < 4.78 is 114. The summed E-state index contributed by atoms with van der Waals surface area (Å²) in [6.45, 7) is 54.6. The van der Waals surface area contributed by atoms with Gasteiger partial charge in [-0.1, -0.05) is 243 Å². The third kappa shape index (κ3) is 60.3. The smallest absolute Gasteiger partial charge is 0.308 e. The van der Waals surface area contributed by atoms with Gasteiger partial charge in [-0.2, -0.15) is 0 Å². The van der Waals surface area contributed by atoms with Crippen LogP contribution in [-0.4, -0.2) is 194 Å². The van der Waals surface area contributed by atoms with Crippen LogP contribution >= 0.6 is 0 Å². The number of benzene rings is 3. The minimum absolute atomic E-state index is 0.00926. The van der Waals surface area contributed by atoms with Gasteiger partial charge in [0.25, 0.3) is 11.8 Å². The zero-order chi connectivity index (χ0) is 91.5. The molecule has 4 N–H and O–H groups in total. The molecule has 1 saturated heterocycles. The molecule has 0 atom stereocenters. The molecule has 3 amide bonds. The Balaban J connectivity index is -0.000000608. The standard InChI is InChI=1S/C12H19NO2S.C11H12N2O2.C11H17NO2S.C10H12O.C8H14O2.C8H16O2.C7H15NO2S.C7H17NO2S.C5H12O.C4H9NO.C4H8O2/c1-11(2)9-13(3)16(14,15)10-12-7-5-4-6-8-12;1-7(2)6-13-10(14)8-3-4-12-5-9(8)11(13)15;1-10(2)8-12-15(13,14)9-11-6-4-3-5-7-11;1-8(2)10(11)9-6-4-3-5-7-9;1-6(2)8(9)10-5-7-3-4-7;1-6(2)7(9)10-8(3,4)5;1-7(2)6-8-4-3-5-11(8,9)10;1-5-11(9,10)8(4)6-7(2)3;1-5(2)4-6-3;2*1-3(2)4(5)6/h4-8,11H,9-10H2,1-3H3;3-5,7H,6H2,1-2H3;3-7,10,12H,8-9H2,1-2H3;3-8H,1-2H3;6-7H,3-5H2,1-2H3;6H,1-5H3;7H,3-6H2,1-2H3;7H,5-6H2,1-4H3;5H,4H2,1-3H3;3H,1-2H3,(H2,5,6);3H,1-2H3,(H,5,6). The van der Waals surface area contributed by atoms with E-state index in [-0.39, 0.29) is 93.8 Å². The lowest BCUT2D eigenvalue weighted by Gasteiger charge is -2.20. The average molecular weight is 1730 g/mol. The number of sulfonamides is 4. The van der Waals surface area contributed by atoms with E-state index in [0.717, 1.165) is 36.3 Å². The number of nitrogens with one attached hydrogen (secondary N) is 1. The van der Waals surface area contributed by atoms with Crippen molar-refractivity contribution in [3.8, 4) is 0 Å². The van der Waals surface area contributed by atoms with E-state index in [2.05, 4.69) is 23.6 Å². The molecule has 672 valence electrons. The molecule has 1 saturated carbocycles. The Morgan fingerprint density at radius 3 is 1.32 bits per heavy atom. The number of imide groups is 1. The van der Waals surface area contributed by atoms with E-state index in [1.165, 1.54) is 38.7 Å². The Morgan fingerprint density at radius 1 is 0.581 bits per heavy atom. The maximum Gasteiger partial charge on any atom is 0.308 e. The van der Waals surface area contributed by atoms with Gasteiger partial charge in [-0.15, -0.1) is 0 Å². The van der Waals surface area contributed by atoms with Gasteiger partial charge in [0, 0.05) is 96.9 Å². The summed E-state index contributed by atoms with van der Waals surface area (Å²) in [4.78, 5) is 81.5. The number of carboxylic acid groups (broad SMARTS) is 1. The van der Waals surface area contributed by atoms with Crippen molar-refractivity contribution in [3.63, 3.8) is 0 Å². The van der Waals surface area contributed by atoms with Crippen molar-refractivity contribution < 1.29 is 86.6 Å². The predicted octanol–water partition coefficient (Wildman–Crippen LogP) is 15.1. The van der Waals surface area contributed by atoms with E-state index < -0.39 is 46.1 Å². The predicted molar refractivity (Wildman–Crippen MR) is 473 cm³/mol. The number of carbonyl (C=O) groups excluding carboxylic acids is 6. The van der Waals surface area contributed by atoms with Crippen molar-refractivity contribution in [2.24, 2.45) is 76.7 Å². The molecule has 1 aromatic heterocycles. The molecule has 3 aromatic carbocycles. The Hall–Kier alpha value is -6.90. The number of rotatable bonds is 28. The summed E-state index contributed by atoms with van der Waals surface area (Å²) in [6.07, 6.45) is 6.27. The molecule has 117 heavy (non-hydrogen) atoms. The number of esters is 2. The molecule has 7 rings (SSSR count). The molecule has 4 aromatic rings. The van der Waals surface area contributed by atoms with Gasteiger partial charge >= 0.3 is 17.9 Å². The number of nitrogens with zero attached hydrogens (tertiary/aromatic N) is 5. The fraction of sp³-hybridized carbons (Fsp3) is 0.655. The van der Waals surface area contributed by atoms with Crippen molar-refractivity contribution in [3.05, 3.63) is 137 Å². The first kappa shape index (κ1) is 116. The molecule has 0 spiro atoms. The van der Waals surface area contributed by atoms with Gasteiger partial charge in [-0.05, 0) is 106 Å². The van der Waals surface area contributed by atoms with Crippen LogP contribution in [0.2, 0.25) is 0 Å². The van der Waals surface area contributed by atoms with Crippen LogP contribution in [0.5, 0.6) is 0 Å². The van der Waals surface area contributed by atoms with Crippen LogP contribution in [0.15, 0.2) is 109 Å². The molecule has 30 heteroatoms. The van der Waals surface area contributed by atoms with Gasteiger partial charge in [0.2, 0.25) is 46.0 Å². The van der Waals surface area contributed by atoms with Crippen LogP contribution in [0.25, 0.3) is 0 Å². The van der Waals surface area contributed by atoms with Crippen LogP contribution in [-0.2, 0) is 85.0 Å². The fourth-order valence-corrected chi connectivity index (χ4v) is 14.1. The number of Topliss-reactive ketones (excluding diaryl/α,β-unsaturated/α-hetero) is 1. The number of aromatic nitrogens is 1. The van der Waals surface area contributed by atoms with Gasteiger partial charge in [0.15, 0.2) is 5.78 Å².